The highest BCUT2D eigenvalue weighted by atomic mass is 32.2. The number of rotatable bonds is 3. The summed E-state index contributed by atoms with van der Waals surface area (Å²) in [7, 11) is 0. The minimum atomic E-state index is 0.739. The van der Waals surface area contributed by atoms with Gasteiger partial charge in [0.05, 0.1) is 0 Å². The second-order valence-electron chi connectivity index (χ2n) is 6.17. The maximum atomic E-state index is 3.77. The number of thioether (sulfide) groups is 1. The van der Waals surface area contributed by atoms with Crippen molar-refractivity contribution in [2.24, 2.45) is 5.92 Å². The van der Waals surface area contributed by atoms with Gasteiger partial charge in [-0.1, -0.05) is 6.42 Å². The highest BCUT2D eigenvalue weighted by molar-refractivity contribution is 7.99. The fraction of sp³-hybridized carbons (Fsp3) is 1.00. The predicted octanol–water partition coefficient (Wildman–Crippen LogP) is 2.34. The van der Waals surface area contributed by atoms with E-state index >= 15 is 0 Å². The first kappa shape index (κ1) is 12.3. The summed E-state index contributed by atoms with van der Waals surface area (Å²) in [5, 5.41) is 4.67. The third-order valence-electron chi connectivity index (χ3n) is 4.99. The number of hydrogen-bond donors (Lipinski definition) is 1. The zero-order valence-corrected chi connectivity index (χ0v) is 12.0. The molecule has 0 amide bonds. The van der Waals surface area contributed by atoms with Gasteiger partial charge in [-0.3, -0.25) is 4.90 Å². The average Bonchev–Trinajstić information content (AvgIpc) is 3.08. The number of nitrogens with zero attached hydrogens (tertiary/aromatic N) is 1. The van der Waals surface area contributed by atoms with Crippen molar-refractivity contribution in [2.45, 2.75) is 62.4 Å². The second-order valence-corrected chi connectivity index (χ2v) is 7.25. The van der Waals surface area contributed by atoms with Gasteiger partial charge in [-0.2, -0.15) is 11.8 Å². The Kier molecular flexibility index (Phi) is 3.69. The van der Waals surface area contributed by atoms with E-state index in [1.807, 2.05) is 0 Å². The maximum absolute atomic E-state index is 3.77. The third kappa shape index (κ3) is 2.52. The fourth-order valence-corrected chi connectivity index (χ4v) is 4.76. The van der Waals surface area contributed by atoms with Gasteiger partial charge in [0.1, 0.15) is 0 Å². The van der Waals surface area contributed by atoms with Crippen LogP contribution in [0.2, 0.25) is 0 Å². The molecular formula is C14H26N2S. The normalized spacial score (nSPS) is 44.1. The first-order chi connectivity index (χ1) is 8.29. The van der Waals surface area contributed by atoms with E-state index in [1.54, 1.807) is 0 Å². The molecule has 1 heterocycles. The van der Waals surface area contributed by atoms with Crippen LogP contribution in [0.25, 0.3) is 0 Å². The zero-order chi connectivity index (χ0) is 11.8. The molecule has 4 atom stereocenters. The van der Waals surface area contributed by atoms with Crippen LogP contribution in [0.5, 0.6) is 0 Å². The summed E-state index contributed by atoms with van der Waals surface area (Å²) in [4.78, 5) is 2.84. The molecule has 1 aliphatic heterocycles. The first-order valence-corrected chi connectivity index (χ1v) is 8.60. The maximum Gasteiger partial charge on any atom is 0.0224 e. The van der Waals surface area contributed by atoms with Gasteiger partial charge in [0.25, 0.3) is 0 Å². The molecule has 98 valence electrons. The van der Waals surface area contributed by atoms with Crippen LogP contribution in [0.3, 0.4) is 0 Å². The van der Waals surface area contributed by atoms with E-state index < -0.39 is 0 Å². The number of nitrogens with one attached hydrogen (secondary N) is 1. The fourth-order valence-electron chi connectivity index (χ4n) is 3.75. The van der Waals surface area contributed by atoms with E-state index in [2.05, 4.69) is 35.2 Å². The Morgan fingerprint density at radius 1 is 1.18 bits per heavy atom. The highest BCUT2D eigenvalue weighted by Gasteiger charge is 2.41. The van der Waals surface area contributed by atoms with Crippen molar-refractivity contribution in [1.82, 2.24) is 10.2 Å². The van der Waals surface area contributed by atoms with Gasteiger partial charge in [-0.15, -0.1) is 0 Å². The minimum absolute atomic E-state index is 0.739. The SMILES string of the molecule is CSC1CCCC1N1CC(C2CC2)NCC1C. The largest absolute Gasteiger partial charge is 0.311 e. The van der Waals surface area contributed by atoms with Gasteiger partial charge >= 0.3 is 0 Å². The lowest BCUT2D eigenvalue weighted by Gasteiger charge is -2.44. The van der Waals surface area contributed by atoms with E-state index in [1.165, 1.54) is 45.2 Å². The predicted molar refractivity (Wildman–Crippen MR) is 75.6 cm³/mol. The van der Waals surface area contributed by atoms with E-state index in [0.717, 1.165) is 29.3 Å². The Morgan fingerprint density at radius 2 is 2.00 bits per heavy atom. The van der Waals surface area contributed by atoms with Crippen molar-refractivity contribution < 1.29 is 0 Å². The molecule has 3 rings (SSSR count). The summed E-state index contributed by atoms with van der Waals surface area (Å²) >= 11 is 2.10. The van der Waals surface area contributed by atoms with Crippen LogP contribution >= 0.6 is 11.8 Å². The molecule has 1 saturated heterocycles. The average molecular weight is 254 g/mol. The molecule has 0 aromatic carbocycles. The molecular weight excluding hydrogens is 228 g/mol. The Labute approximate surface area is 110 Å². The molecule has 1 N–H and O–H groups in total. The molecule has 0 radical (unpaired) electrons. The molecule has 4 unspecified atom stereocenters. The molecule has 0 bridgehead atoms. The van der Waals surface area contributed by atoms with Crippen molar-refractivity contribution in [1.29, 1.82) is 0 Å². The van der Waals surface area contributed by atoms with E-state index in [0.29, 0.717) is 0 Å². The van der Waals surface area contributed by atoms with Gasteiger partial charge in [0, 0.05) is 36.5 Å². The van der Waals surface area contributed by atoms with E-state index in [4.69, 9.17) is 0 Å². The Bertz CT molecular complexity index is 267. The number of hydrogen-bond acceptors (Lipinski definition) is 3. The zero-order valence-electron chi connectivity index (χ0n) is 11.2. The van der Waals surface area contributed by atoms with Crippen LogP contribution in [-0.4, -0.2) is 47.6 Å². The summed E-state index contributed by atoms with van der Waals surface area (Å²) in [6.07, 6.45) is 9.56. The molecule has 2 aliphatic carbocycles. The Balaban J connectivity index is 1.66. The van der Waals surface area contributed by atoms with Crippen molar-refractivity contribution >= 4 is 11.8 Å². The molecule has 2 saturated carbocycles. The first-order valence-electron chi connectivity index (χ1n) is 7.31. The van der Waals surface area contributed by atoms with Crippen LogP contribution in [0.1, 0.15) is 39.0 Å². The summed E-state index contributed by atoms with van der Waals surface area (Å²) in [5.41, 5.74) is 0. The highest BCUT2D eigenvalue weighted by Crippen LogP contribution is 2.38. The quantitative estimate of drug-likeness (QED) is 0.832. The third-order valence-corrected chi connectivity index (χ3v) is 6.14. The molecule has 0 aromatic rings. The standard InChI is InChI=1S/C14H26N2S/c1-10-8-15-12(11-6-7-11)9-16(10)13-4-3-5-14(13)17-2/h10-15H,3-9H2,1-2H3. The summed E-state index contributed by atoms with van der Waals surface area (Å²) in [5.74, 6) is 0.999. The molecule has 0 aromatic heterocycles. The van der Waals surface area contributed by atoms with Gasteiger partial charge in [0.15, 0.2) is 0 Å². The monoisotopic (exact) mass is 254 g/mol. The van der Waals surface area contributed by atoms with E-state index in [9.17, 15) is 0 Å². The van der Waals surface area contributed by atoms with Gasteiger partial charge in [-0.05, 0) is 44.8 Å². The molecule has 3 fully saturated rings. The summed E-state index contributed by atoms with van der Waals surface area (Å²) in [6, 6.07) is 2.40. The van der Waals surface area contributed by atoms with Gasteiger partial charge in [-0.25, -0.2) is 0 Å². The van der Waals surface area contributed by atoms with Crippen molar-refractivity contribution in [3.63, 3.8) is 0 Å². The lowest BCUT2D eigenvalue weighted by Crippen LogP contribution is -2.60. The molecule has 2 nitrogen and oxygen atoms in total. The lowest BCUT2D eigenvalue weighted by molar-refractivity contribution is 0.0894. The van der Waals surface area contributed by atoms with Gasteiger partial charge < -0.3 is 5.32 Å². The number of piperazine rings is 1. The molecule has 17 heavy (non-hydrogen) atoms. The van der Waals surface area contributed by atoms with Gasteiger partial charge in [0.2, 0.25) is 0 Å². The van der Waals surface area contributed by atoms with Crippen LogP contribution in [0.4, 0.5) is 0 Å². The summed E-state index contributed by atoms with van der Waals surface area (Å²) in [6.45, 7) is 4.93. The lowest BCUT2D eigenvalue weighted by atomic mass is 10.0. The molecule has 3 aliphatic rings. The Morgan fingerprint density at radius 3 is 2.71 bits per heavy atom. The van der Waals surface area contributed by atoms with Crippen LogP contribution in [0, 0.1) is 5.92 Å². The van der Waals surface area contributed by atoms with E-state index in [-0.39, 0.29) is 0 Å². The topological polar surface area (TPSA) is 15.3 Å². The summed E-state index contributed by atoms with van der Waals surface area (Å²) < 4.78 is 0. The van der Waals surface area contributed by atoms with Crippen molar-refractivity contribution in [2.75, 3.05) is 19.3 Å². The van der Waals surface area contributed by atoms with Crippen LogP contribution in [0.15, 0.2) is 0 Å². The van der Waals surface area contributed by atoms with Crippen molar-refractivity contribution in [3.05, 3.63) is 0 Å². The Hall–Kier alpha value is 0.270. The van der Waals surface area contributed by atoms with Crippen LogP contribution < -0.4 is 5.32 Å². The van der Waals surface area contributed by atoms with Crippen molar-refractivity contribution in [3.8, 4) is 0 Å². The molecule has 3 heteroatoms. The van der Waals surface area contributed by atoms with Crippen LogP contribution in [-0.2, 0) is 0 Å². The second kappa shape index (κ2) is 5.10. The molecule has 0 spiro atoms. The minimum Gasteiger partial charge on any atom is -0.311 e. The smallest absolute Gasteiger partial charge is 0.0224 e.